The highest BCUT2D eigenvalue weighted by atomic mass is 16.5. The minimum Gasteiger partial charge on any atom is -0.497 e. The molecule has 0 N–H and O–H groups in total. The Labute approximate surface area is 118 Å². The standard InChI is InChI=1S/C15H19N3O2/c1-11-9-18(10-15-16-6-7-17(15)2)13-8-12(19-3)4-5-14(13)20-11/h4-8,11H,9-10H2,1-3H3/t11-/m0/s1. The van der Waals surface area contributed by atoms with Crippen LogP contribution in [0.2, 0.25) is 0 Å². The number of aromatic nitrogens is 2. The van der Waals surface area contributed by atoms with Crippen LogP contribution in [0.1, 0.15) is 12.7 Å². The van der Waals surface area contributed by atoms with Gasteiger partial charge in [0.05, 0.1) is 25.9 Å². The zero-order valence-corrected chi connectivity index (χ0v) is 12.0. The van der Waals surface area contributed by atoms with Gasteiger partial charge in [-0.3, -0.25) is 0 Å². The zero-order valence-electron chi connectivity index (χ0n) is 12.0. The molecule has 0 aliphatic carbocycles. The van der Waals surface area contributed by atoms with Gasteiger partial charge in [0, 0.05) is 25.5 Å². The molecule has 0 saturated carbocycles. The van der Waals surface area contributed by atoms with Crippen LogP contribution in [-0.4, -0.2) is 29.3 Å². The van der Waals surface area contributed by atoms with Gasteiger partial charge in [0.2, 0.25) is 0 Å². The SMILES string of the molecule is COc1ccc2c(c1)N(Cc1nccn1C)C[C@H](C)O2. The number of hydrogen-bond donors (Lipinski definition) is 0. The largest absolute Gasteiger partial charge is 0.497 e. The van der Waals surface area contributed by atoms with Gasteiger partial charge in [-0.15, -0.1) is 0 Å². The molecule has 0 unspecified atom stereocenters. The van der Waals surface area contributed by atoms with E-state index < -0.39 is 0 Å². The van der Waals surface area contributed by atoms with Gasteiger partial charge in [0.1, 0.15) is 23.4 Å². The predicted octanol–water partition coefficient (Wildman–Crippen LogP) is 2.22. The zero-order chi connectivity index (χ0) is 14.1. The molecule has 3 rings (SSSR count). The van der Waals surface area contributed by atoms with E-state index in [0.717, 1.165) is 36.1 Å². The highest BCUT2D eigenvalue weighted by Crippen LogP contribution is 2.37. The van der Waals surface area contributed by atoms with E-state index in [4.69, 9.17) is 9.47 Å². The Bertz CT molecular complexity index is 609. The fraction of sp³-hybridized carbons (Fsp3) is 0.400. The summed E-state index contributed by atoms with van der Waals surface area (Å²) in [6.07, 6.45) is 3.95. The fourth-order valence-corrected chi connectivity index (χ4v) is 2.50. The number of imidazole rings is 1. The lowest BCUT2D eigenvalue weighted by Gasteiger charge is -2.34. The average Bonchev–Trinajstić information content (AvgIpc) is 2.84. The molecule has 1 aliphatic heterocycles. The number of ether oxygens (including phenoxy) is 2. The topological polar surface area (TPSA) is 39.5 Å². The summed E-state index contributed by atoms with van der Waals surface area (Å²) in [6.45, 7) is 3.68. The van der Waals surface area contributed by atoms with Gasteiger partial charge in [-0.05, 0) is 19.1 Å². The van der Waals surface area contributed by atoms with Crippen LogP contribution in [0.3, 0.4) is 0 Å². The molecule has 1 aliphatic rings. The van der Waals surface area contributed by atoms with Crippen molar-refractivity contribution >= 4 is 5.69 Å². The molecule has 2 aromatic rings. The number of hydrogen-bond acceptors (Lipinski definition) is 4. The van der Waals surface area contributed by atoms with Crippen molar-refractivity contribution < 1.29 is 9.47 Å². The number of methoxy groups -OCH3 is 1. The van der Waals surface area contributed by atoms with Gasteiger partial charge >= 0.3 is 0 Å². The molecule has 1 atom stereocenters. The summed E-state index contributed by atoms with van der Waals surface area (Å²) in [4.78, 5) is 6.69. The predicted molar refractivity (Wildman–Crippen MR) is 77.3 cm³/mol. The Morgan fingerprint density at radius 3 is 3.00 bits per heavy atom. The van der Waals surface area contributed by atoms with Crippen molar-refractivity contribution in [3.8, 4) is 11.5 Å². The number of aryl methyl sites for hydroxylation is 1. The second kappa shape index (κ2) is 5.07. The van der Waals surface area contributed by atoms with E-state index in [1.807, 2.05) is 42.2 Å². The Hall–Kier alpha value is -2.17. The summed E-state index contributed by atoms with van der Waals surface area (Å²) in [7, 11) is 3.69. The van der Waals surface area contributed by atoms with E-state index in [9.17, 15) is 0 Å². The summed E-state index contributed by atoms with van der Waals surface area (Å²) >= 11 is 0. The van der Waals surface area contributed by atoms with E-state index in [2.05, 4.69) is 16.8 Å². The minimum absolute atomic E-state index is 0.163. The molecule has 5 nitrogen and oxygen atoms in total. The van der Waals surface area contributed by atoms with Gasteiger partial charge in [0.25, 0.3) is 0 Å². The normalized spacial score (nSPS) is 17.6. The lowest BCUT2D eigenvalue weighted by Crippen LogP contribution is -2.38. The van der Waals surface area contributed by atoms with Crippen LogP contribution in [-0.2, 0) is 13.6 Å². The summed E-state index contributed by atoms with van der Waals surface area (Å²) in [5, 5.41) is 0. The molecule has 20 heavy (non-hydrogen) atoms. The molecule has 5 heteroatoms. The van der Waals surface area contributed by atoms with Crippen LogP contribution in [0.25, 0.3) is 0 Å². The number of rotatable bonds is 3. The fourth-order valence-electron chi connectivity index (χ4n) is 2.50. The first kappa shape index (κ1) is 12.8. The van der Waals surface area contributed by atoms with E-state index >= 15 is 0 Å². The molecule has 2 heterocycles. The Morgan fingerprint density at radius 2 is 2.30 bits per heavy atom. The second-order valence-electron chi connectivity index (χ2n) is 5.10. The number of benzene rings is 1. The maximum atomic E-state index is 5.89. The number of anilines is 1. The lowest BCUT2D eigenvalue weighted by atomic mass is 10.2. The third-order valence-corrected chi connectivity index (χ3v) is 3.57. The van der Waals surface area contributed by atoms with Crippen LogP contribution in [0.15, 0.2) is 30.6 Å². The van der Waals surface area contributed by atoms with Crippen molar-refractivity contribution in [2.24, 2.45) is 7.05 Å². The second-order valence-corrected chi connectivity index (χ2v) is 5.10. The number of fused-ring (bicyclic) bond motifs is 1. The molecule has 1 aromatic carbocycles. The lowest BCUT2D eigenvalue weighted by molar-refractivity contribution is 0.211. The molecular weight excluding hydrogens is 254 g/mol. The Balaban J connectivity index is 1.94. The third-order valence-electron chi connectivity index (χ3n) is 3.57. The van der Waals surface area contributed by atoms with Crippen LogP contribution in [0, 0.1) is 0 Å². The van der Waals surface area contributed by atoms with E-state index in [0.29, 0.717) is 0 Å². The van der Waals surface area contributed by atoms with Crippen molar-refractivity contribution in [3.05, 3.63) is 36.4 Å². The molecule has 0 spiro atoms. The molecule has 0 bridgehead atoms. The first-order valence-corrected chi connectivity index (χ1v) is 6.73. The monoisotopic (exact) mass is 273 g/mol. The van der Waals surface area contributed by atoms with Crippen LogP contribution in [0.4, 0.5) is 5.69 Å². The molecule has 0 saturated heterocycles. The average molecular weight is 273 g/mol. The summed E-state index contributed by atoms with van der Waals surface area (Å²) in [5.41, 5.74) is 1.06. The highest BCUT2D eigenvalue weighted by molar-refractivity contribution is 5.63. The van der Waals surface area contributed by atoms with E-state index in [-0.39, 0.29) is 6.10 Å². The minimum atomic E-state index is 0.163. The summed E-state index contributed by atoms with van der Waals surface area (Å²) < 4.78 is 13.2. The van der Waals surface area contributed by atoms with Crippen molar-refractivity contribution in [3.63, 3.8) is 0 Å². The molecule has 0 amide bonds. The van der Waals surface area contributed by atoms with Gasteiger partial charge < -0.3 is 18.9 Å². The third kappa shape index (κ3) is 2.31. The van der Waals surface area contributed by atoms with E-state index in [1.165, 1.54) is 0 Å². The van der Waals surface area contributed by atoms with Crippen LogP contribution in [0.5, 0.6) is 11.5 Å². The molecular formula is C15H19N3O2. The molecule has 106 valence electrons. The van der Waals surface area contributed by atoms with Crippen molar-refractivity contribution in [1.82, 2.24) is 9.55 Å². The maximum Gasteiger partial charge on any atom is 0.143 e. The van der Waals surface area contributed by atoms with Crippen molar-refractivity contribution in [2.75, 3.05) is 18.6 Å². The Morgan fingerprint density at radius 1 is 1.45 bits per heavy atom. The van der Waals surface area contributed by atoms with E-state index in [1.54, 1.807) is 7.11 Å². The van der Waals surface area contributed by atoms with Gasteiger partial charge in [-0.25, -0.2) is 4.98 Å². The highest BCUT2D eigenvalue weighted by Gasteiger charge is 2.24. The van der Waals surface area contributed by atoms with Crippen LogP contribution >= 0.6 is 0 Å². The van der Waals surface area contributed by atoms with Gasteiger partial charge in [-0.2, -0.15) is 0 Å². The van der Waals surface area contributed by atoms with Crippen LogP contribution < -0.4 is 14.4 Å². The van der Waals surface area contributed by atoms with Gasteiger partial charge in [0.15, 0.2) is 0 Å². The quantitative estimate of drug-likeness (QED) is 0.859. The van der Waals surface area contributed by atoms with Crippen molar-refractivity contribution in [1.29, 1.82) is 0 Å². The first-order valence-electron chi connectivity index (χ1n) is 6.73. The smallest absolute Gasteiger partial charge is 0.143 e. The molecule has 1 aromatic heterocycles. The summed E-state index contributed by atoms with van der Waals surface area (Å²) in [6, 6.07) is 5.91. The van der Waals surface area contributed by atoms with Crippen molar-refractivity contribution in [2.45, 2.75) is 19.6 Å². The molecule has 0 radical (unpaired) electrons. The summed E-state index contributed by atoms with van der Waals surface area (Å²) in [5.74, 6) is 2.78. The molecule has 0 fully saturated rings. The first-order chi connectivity index (χ1) is 9.67. The Kier molecular flexibility index (Phi) is 3.26. The van der Waals surface area contributed by atoms with Gasteiger partial charge in [-0.1, -0.05) is 0 Å². The number of nitrogens with zero attached hydrogens (tertiary/aromatic N) is 3. The maximum absolute atomic E-state index is 5.89.